The van der Waals surface area contributed by atoms with E-state index in [-0.39, 0.29) is 11.5 Å². The summed E-state index contributed by atoms with van der Waals surface area (Å²) in [5.74, 6) is -0.803. The number of carbonyl (C=O) groups is 2. The molecule has 0 fully saturated rings. The van der Waals surface area contributed by atoms with Crippen molar-refractivity contribution in [2.75, 3.05) is 7.11 Å². The second-order valence-electron chi connectivity index (χ2n) is 6.50. The molecule has 0 saturated heterocycles. The van der Waals surface area contributed by atoms with Gasteiger partial charge in [-0.15, -0.1) is 0 Å². The van der Waals surface area contributed by atoms with Gasteiger partial charge in [-0.2, -0.15) is 0 Å². The summed E-state index contributed by atoms with van der Waals surface area (Å²) in [6.45, 7) is 7.77. The number of nitrogens with one attached hydrogen (secondary N) is 1. The Bertz CT molecular complexity index is 960. The van der Waals surface area contributed by atoms with Crippen molar-refractivity contribution < 1.29 is 14.3 Å². The molecular weight excluding hydrogens is 328 g/mol. The molecule has 1 aliphatic heterocycles. The molecule has 0 radical (unpaired) electrons. The van der Waals surface area contributed by atoms with Crippen LogP contribution in [-0.4, -0.2) is 23.6 Å². The van der Waals surface area contributed by atoms with Gasteiger partial charge in [-0.1, -0.05) is 17.7 Å². The van der Waals surface area contributed by atoms with Gasteiger partial charge in [0.15, 0.2) is 0 Å². The van der Waals surface area contributed by atoms with Crippen LogP contribution in [0.15, 0.2) is 47.2 Å². The Morgan fingerprint density at radius 1 is 1.12 bits per heavy atom. The lowest BCUT2D eigenvalue weighted by molar-refractivity contribution is -0.136. The zero-order valence-electron chi connectivity index (χ0n) is 15.6. The van der Waals surface area contributed by atoms with Crippen LogP contribution in [0.3, 0.4) is 0 Å². The predicted octanol–water partition coefficient (Wildman–Crippen LogP) is 3.36. The number of rotatable bonds is 3. The van der Waals surface area contributed by atoms with Crippen LogP contribution in [0.5, 0.6) is 0 Å². The molecule has 2 aromatic rings. The highest BCUT2D eigenvalue weighted by atomic mass is 16.5. The summed E-state index contributed by atoms with van der Waals surface area (Å²) in [5, 5.41) is 2.70. The molecule has 0 spiro atoms. The molecule has 0 bridgehead atoms. The molecule has 134 valence electrons. The number of methoxy groups -OCH3 is 1. The van der Waals surface area contributed by atoms with Crippen molar-refractivity contribution in [3.63, 3.8) is 0 Å². The van der Waals surface area contributed by atoms with Crippen molar-refractivity contribution in [2.45, 2.75) is 27.7 Å². The molecule has 1 aromatic heterocycles. The van der Waals surface area contributed by atoms with Crippen molar-refractivity contribution in [2.24, 2.45) is 0 Å². The van der Waals surface area contributed by atoms with E-state index in [1.807, 2.05) is 19.9 Å². The van der Waals surface area contributed by atoms with E-state index in [1.165, 1.54) is 12.7 Å². The van der Waals surface area contributed by atoms with Gasteiger partial charge in [0.25, 0.3) is 5.91 Å². The Morgan fingerprint density at radius 3 is 2.38 bits per heavy atom. The number of esters is 1. The first-order valence-electron chi connectivity index (χ1n) is 8.42. The highest BCUT2D eigenvalue weighted by Gasteiger charge is 2.31. The summed E-state index contributed by atoms with van der Waals surface area (Å²) in [6.07, 6.45) is 1.76. The van der Waals surface area contributed by atoms with Gasteiger partial charge in [0.1, 0.15) is 0 Å². The van der Waals surface area contributed by atoms with Gasteiger partial charge in [0, 0.05) is 22.8 Å². The normalized spacial score (nSPS) is 15.6. The van der Waals surface area contributed by atoms with E-state index in [0.717, 1.165) is 22.6 Å². The fraction of sp³-hybridized carbons (Fsp3) is 0.238. The zero-order chi connectivity index (χ0) is 19.0. The van der Waals surface area contributed by atoms with Gasteiger partial charge in [-0.25, -0.2) is 4.79 Å². The molecule has 5 heteroatoms. The third-order valence-corrected chi connectivity index (χ3v) is 4.64. The number of benzene rings is 1. The minimum Gasteiger partial charge on any atom is -0.465 e. The van der Waals surface area contributed by atoms with Gasteiger partial charge < -0.3 is 14.6 Å². The van der Waals surface area contributed by atoms with Gasteiger partial charge in [0.05, 0.1) is 18.3 Å². The lowest BCUT2D eigenvalue weighted by atomic mass is 10.0. The minimum atomic E-state index is -0.514. The maximum Gasteiger partial charge on any atom is 0.340 e. The number of aryl methyl sites for hydroxylation is 2. The second-order valence-corrected chi connectivity index (χ2v) is 6.50. The quantitative estimate of drug-likeness (QED) is 0.682. The summed E-state index contributed by atoms with van der Waals surface area (Å²) in [4.78, 5) is 24.4. The Balaban J connectivity index is 2.10. The zero-order valence-corrected chi connectivity index (χ0v) is 15.6. The van der Waals surface area contributed by atoms with Crippen molar-refractivity contribution in [1.82, 2.24) is 9.88 Å². The maximum absolute atomic E-state index is 12.3. The van der Waals surface area contributed by atoms with Crippen molar-refractivity contribution in [3.8, 4) is 5.69 Å². The Kier molecular flexibility index (Phi) is 4.55. The molecule has 0 saturated carbocycles. The molecule has 0 unspecified atom stereocenters. The van der Waals surface area contributed by atoms with Crippen LogP contribution in [0.2, 0.25) is 0 Å². The van der Waals surface area contributed by atoms with Crippen molar-refractivity contribution in [1.29, 1.82) is 0 Å². The molecule has 26 heavy (non-hydrogen) atoms. The van der Waals surface area contributed by atoms with Gasteiger partial charge in [-0.3, -0.25) is 4.79 Å². The molecule has 0 aliphatic carbocycles. The van der Waals surface area contributed by atoms with Crippen LogP contribution in [0, 0.1) is 20.8 Å². The molecule has 1 N–H and O–H groups in total. The van der Waals surface area contributed by atoms with Crippen LogP contribution in [0.1, 0.15) is 29.4 Å². The molecule has 0 atom stereocenters. The lowest BCUT2D eigenvalue weighted by Crippen LogP contribution is -2.15. The summed E-state index contributed by atoms with van der Waals surface area (Å²) in [6, 6.07) is 10.3. The van der Waals surface area contributed by atoms with Crippen LogP contribution in [0.25, 0.3) is 11.8 Å². The van der Waals surface area contributed by atoms with Crippen LogP contribution >= 0.6 is 0 Å². The molecule has 5 nitrogen and oxygen atoms in total. The number of carbonyl (C=O) groups excluding carboxylic acids is 2. The largest absolute Gasteiger partial charge is 0.465 e. The molecule has 3 rings (SSSR count). The van der Waals surface area contributed by atoms with E-state index in [0.29, 0.717) is 11.3 Å². The molecular formula is C21H22N2O3. The summed E-state index contributed by atoms with van der Waals surface area (Å²) in [7, 11) is 1.31. The molecule has 1 amide bonds. The Hall–Kier alpha value is -3.08. The average Bonchev–Trinajstić information content (AvgIpc) is 3.04. The third-order valence-electron chi connectivity index (χ3n) is 4.64. The number of hydrogen-bond donors (Lipinski definition) is 1. The van der Waals surface area contributed by atoms with E-state index in [9.17, 15) is 9.59 Å². The monoisotopic (exact) mass is 350 g/mol. The number of ether oxygens (including phenoxy) is 1. The van der Waals surface area contributed by atoms with Crippen LogP contribution in [0.4, 0.5) is 0 Å². The number of hydrogen-bond acceptors (Lipinski definition) is 3. The summed E-state index contributed by atoms with van der Waals surface area (Å²) in [5.41, 5.74) is 6.34. The first-order valence-corrected chi connectivity index (χ1v) is 8.42. The number of nitrogens with zero attached hydrogens (tertiary/aromatic N) is 1. The van der Waals surface area contributed by atoms with Gasteiger partial charge in [0.2, 0.25) is 0 Å². The summed E-state index contributed by atoms with van der Waals surface area (Å²) < 4.78 is 6.96. The predicted molar refractivity (Wildman–Crippen MR) is 101 cm³/mol. The third kappa shape index (κ3) is 2.96. The maximum atomic E-state index is 12.3. The van der Waals surface area contributed by atoms with Crippen LogP contribution < -0.4 is 5.32 Å². The number of allylic oxidation sites excluding steroid dienone is 1. The Labute approximate surface area is 153 Å². The van der Waals surface area contributed by atoms with E-state index in [2.05, 4.69) is 41.1 Å². The van der Waals surface area contributed by atoms with E-state index in [1.54, 1.807) is 13.0 Å². The van der Waals surface area contributed by atoms with Crippen molar-refractivity contribution >= 4 is 18.0 Å². The van der Waals surface area contributed by atoms with E-state index >= 15 is 0 Å². The molecule has 1 aromatic carbocycles. The highest BCUT2D eigenvalue weighted by Crippen LogP contribution is 2.28. The SMILES string of the molecule is COC(=O)C1=C(C)NC(=O)/C1=C\c1cc(C)n(-c2ccc(C)cc2)c1C. The van der Waals surface area contributed by atoms with E-state index < -0.39 is 5.97 Å². The first-order chi connectivity index (χ1) is 12.3. The molecule has 1 aliphatic rings. The standard InChI is InChI=1S/C21H22N2O3/c1-12-6-8-17(9-7-12)23-13(2)10-16(15(23)4)11-18-19(21(25)26-5)14(3)22-20(18)24/h6-11H,1-5H3,(H,22,24)/b18-11-. The first kappa shape index (κ1) is 17.7. The van der Waals surface area contributed by atoms with Gasteiger partial charge >= 0.3 is 5.97 Å². The average molecular weight is 350 g/mol. The van der Waals surface area contributed by atoms with Crippen LogP contribution in [-0.2, 0) is 14.3 Å². The topological polar surface area (TPSA) is 60.3 Å². The fourth-order valence-corrected chi connectivity index (χ4v) is 3.30. The lowest BCUT2D eigenvalue weighted by Gasteiger charge is -2.10. The molecule has 2 heterocycles. The number of aromatic nitrogens is 1. The smallest absolute Gasteiger partial charge is 0.340 e. The number of amides is 1. The Morgan fingerprint density at radius 2 is 1.77 bits per heavy atom. The van der Waals surface area contributed by atoms with Crippen molar-refractivity contribution in [3.05, 3.63) is 69.7 Å². The fourth-order valence-electron chi connectivity index (χ4n) is 3.30. The summed E-state index contributed by atoms with van der Waals surface area (Å²) >= 11 is 0. The van der Waals surface area contributed by atoms with E-state index in [4.69, 9.17) is 4.74 Å². The second kappa shape index (κ2) is 6.67. The minimum absolute atomic E-state index is 0.289. The van der Waals surface area contributed by atoms with Gasteiger partial charge in [-0.05, 0) is 57.5 Å². The highest BCUT2D eigenvalue weighted by molar-refractivity contribution is 6.16.